The lowest BCUT2D eigenvalue weighted by molar-refractivity contribution is -0.391. The van der Waals surface area contributed by atoms with Crippen molar-refractivity contribution in [2.75, 3.05) is 13.2 Å². The second-order valence-electron chi connectivity index (χ2n) is 4.98. The fourth-order valence-corrected chi connectivity index (χ4v) is 2.66. The van der Waals surface area contributed by atoms with Crippen LogP contribution < -0.4 is 0 Å². The van der Waals surface area contributed by atoms with Gasteiger partial charge in [0.05, 0.1) is 17.7 Å². The van der Waals surface area contributed by atoms with E-state index in [4.69, 9.17) is 9.47 Å². The van der Waals surface area contributed by atoms with Gasteiger partial charge in [-0.15, -0.1) is 0 Å². The number of pyridine rings is 1. The molecule has 0 radical (unpaired) electrons. The molecule has 0 bridgehead atoms. The van der Waals surface area contributed by atoms with E-state index < -0.39 is 22.8 Å². The predicted octanol–water partition coefficient (Wildman–Crippen LogP) is 2.29. The molecule has 2 heterocycles. The van der Waals surface area contributed by atoms with Crippen molar-refractivity contribution in [1.29, 1.82) is 0 Å². The second-order valence-corrected chi connectivity index (χ2v) is 5.89. The van der Waals surface area contributed by atoms with E-state index in [9.17, 15) is 19.7 Å². The highest BCUT2D eigenvalue weighted by atomic mass is 79.9. The fraction of sp³-hybridized carbons (Fsp3) is 0.400. The van der Waals surface area contributed by atoms with Crippen molar-refractivity contribution >= 4 is 39.3 Å². The Balaban J connectivity index is 2.47. The Bertz CT molecular complexity index is 801. The zero-order chi connectivity index (χ0) is 18.6. The van der Waals surface area contributed by atoms with Crippen LogP contribution in [0.2, 0.25) is 0 Å². The van der Waals surface area contributed by atoms with Crippen LogP contribution in [-0.2, 0) is 25.5 Å². The maximum atomic E-state index is 12.1. The SMILES string of the molecule is CCOC(=O)C(Cc1nc2ccc(Br)cn2c1[N+](=O)[O-])C(=O)OCC. The number of nitrogens with zero attached hydrogens (tertiary/aromatic N) is 3. The van der Waals surface area contributed by atoms with Crippen LogP contribution in [0.25, 0.3) is 5.65 Å². The molecule has 2 rings (SSSR count). The molecule has 9 nitrogen and oxygen atoms in total. The molecular formula is C15H16BrN3O6. The maximum Gasteiger partial charge on any atom is 0.351 e. The molecule has 0 spiro atoms. The summed E-state index contributed by atoms with van der Waals surface area (Å²) in [6.45, 7) is 3.36. The standard InChI is InChI=1S/C15H16BrN3O6/c1-3-24-14(20)10(15(21)25-4-2)7-11-13(19(22)23)18-8-9(16)5-6-12(18)17-11/h5-6,8,10H,3-4,7H2,1-2H3. The number of hydrogen-bond donors (Lipinski definition) is 0. The van der Waals surface area contributed by atoms with Crippen LogP contribution in [0.5, 0.6) is 0 Å². The summed E-state index contributed by atoms with van der Waals surface area (Å²) in [4.78, 5) is 39.2. The van der Waals surface area contributed by atoms with Crippen molar-refractivity contribution in [3.8, 4) is 0 Å². The summed E-state index contributed by atoms with van der Waals surface area (Å²) >= 11 is 3.24. The van der Waals surface area contributed by atoms with Gasteiger partial charge in [-0.3, -0.25) is 9.59 Å². The minimum Gasteiger partial charge on any atom is -0.465 e. The van der Waals surface area contributed by atoms with Gasteiger partial charge in [0.2, 0.25) is 5.65 Å². The van der Waals surface area contributed by atoms with Gasteiger partial charge in [0.25, 0.3) is 0 Å². The average Bonchev–Trinajstić information content (AvgIpc) is 2.90. The van der Waals surface area contributed by atoms with Crippen molar-refractivity contribution < 1.29 is 24.0 Å². The average molecular weight is 414 g/mol. The number of fused-ring (bicyclic) bond motifs is 1. The van der Waals surface area contributed by atoms with Crippen molar-refractivity contribution in [2.45, 2.75) is 20.3 Å². The number of ether oxygens (including phenoxy) is 2. The van der Waals surface area contributed by atoms with Crippen LogP contribution in [0.1, 0.15) is 19.5 Å². The number of imidazole rings is 1. The van der Waals surface area contributed by atoms with Crippen molar-refractivity contribution in [2.24, 2.45) is 5.92 Å². The molecule has 0 fully saturated rings. The first kappa shape index (κ1) is 18.8. The summed E-state index contributed by atoms with van der Waals surface area (Å²) in [5.74, 6) is -3.22. The van der Waals surface area contributed by atoms with E-state index in [-0.39, 0.29) is 31.1 Å². The van der Waals surface area contributed by atoms with E-state index in [1.54, 1.807) is 26.0 Å². The molecule has 10 heteroatoms. The lowest BCUT2D eigenvalue weighted by atomic mass is 10.0. The Hall–Kier alpha value is -2.49. The largest absolute Gasteiger partial charge is 0.465 e. The zero-order valence-electron chi connectivity index (χ0n) is 13.6. The van der Waals surface area contributed by atoms with Gasteiger partial charge in [-0.05, 0) is 40.8 Å². The van der Waals surface area contributed by atoms with Crippen LogP contribution >= 0.6 is 15.9 Å². The number of aromatic nitrogens is 2. The number of esters is 2. The number of halogens is 1. The van der Waals surface area contributed by atoms with Gasteiger partial charge in [-0.2, -0.15) is 4.40 Å². The van der Waals surface area contributed by atoms with E-state index in [0.29, 0.717) is 10.1 Å². The number of carbonyl (C=O) groups excluding carboxylic acids is 2. The van der Waals surface area contributed by atoms with Gasteiger partial charge in [0.15, 0.2) is 5.92 Å². The van der Waals surface area contributed by atoms with E-state index in [1.807, 2.05) is 0 Å². The van der Waals surface area contributed by atoms with Gasteiger partial charge >= 0.3 is 17.8 Å². The molecule has 0 aliphatic carbocycles. The predicted molar refractivity (Wildman–Crippen MR) is 90.0 cm³/mol. The van der Waals surface area contributed by atoms with Gasteiger partial charge in [-0.25, -0.2) is 4.98 Å². The molecule has 0 saturated carbocycles. The smallest absolute Gasteiger partial charge is 0.351 e. The van der Waals surface area contributed by atoms with Crippen molar-refractivity contribution in [3.05, 3.63) is 38.6 Å². The Morgan fingerprint density at radius 1 is 1.28 bits per heavy atom. The van der Waals surface area contributed by atoms with E-state index >= 15 is 0 Å². The summed E-state index contributed by atoms with van der Waals surface area (Å²) in [5.41, 5.74) is 0.338. The molecule has 0 aromatic carbocycles. The van der Waals surface area contributed by atoms with Crippen molar-refractivity contribution in [1.82, 2.24) is 9.38 Å². The van der Waals surface area contributed by atoms with Gasteiger partial charge < -0.3 is 19.6 Å². The molecule has 134 valence electrons. The van der Waals surface area contributed by atoms with Crippen LogP contribution in [0.15, 0.2) is 22.8 Å². The number of nitro groups is 1. The Kier molecular flexibility index (Phi) is 6.07. The first-order chi connectivity index (χ1) is 11.9. The molecule has 25 heavy (non-hydrogen) atoms. The lowest BCUT2D eigenvalue weighted by Crippen LogP contribution is -2.30. The van der Waals surface area contributed by atoms with Crippen LogP contribution in [0.4, 0.5) is 5.82 Å². The third-order valence-corrected chi connectivity index (χ3v) is 3.81. The highest BCUT2D eigenvalue weighted by molar-refractivity contribution is 9.10. The van der Waals surface area contributed by atoms with Gasteiger partial charge in [-0.1, -0.05) is 0 Å². The second kappa shape index (κ2) is 8.06. The first-order valence-corrected chi connectivity index (χ1v) is 8.32. The van der Waals surface area contributed by atoms with Crippen LogP contribution in [0.3, 0.4) is 0 Å². The maximum absolute atomic E-state index is 12.1. The van der Waals surface area contributed by atoms with E-state index in [2.05, 4.69) is 20.9 Å². The molecule has 0 N–H and O–H groups in total. The lowest BCUT2D eigenvalue weighted by Gasteiger charge is -2.13. The molecule has 0 amide bonds. The van der Waals surface area contributed by atoms with E-state index in [0.717, 1.165) is 0 Å². The highest BCUT2D eigenvalue weighted by Crippen LogP contribution is 2.26. The molecule has 2 aromatic rings. The summed E-state index contributed by atoms with van der Waals surface area (Å²) in [7, 11) is 0. The number of carbonyl (C=O) groups is 2. The normalized spacial score (nSPS) is 10.9. The van der Waals surface area contributed by atoms with Gasteiger partial charge in [0, 0.05) is 12.5 Å². The summed E-state index contributed by atoms with van der Waals surface area (Å²) in [6.07, 6.45) is 1.21. The first-order valence-electron chi connectivity index (χ1n) is 7.53. The van der Waals surface area contributed by atoms with Gasteiger partial charge in [0.1, 0.15) is 11.9 Å². The summed E-state index contributed by atoms with van der Waals surface area (Å²) in [6, 6.07) is 3.27. The van der Waals surface area contributed by atoms with Crippen LogP contribution in [-0.4, -0.2) is 39.5 Å². The zero-order valence-corrected chi connectivity index (χ0v) is 15.2. The Labute approximate surface area is 151 Å². The summed E-state index contributed by atoms with van der Waals surface area (Å²) in [5, 5.41) is 11.5. The molecule has 2 aromatic heterocycles. The minimum absolute atomic E-state index is 0.00852. The van der Waals surface area contributed by atoms with Crippen molar-refractivity contribution in [3.63, 3.8) is 0 Å². The monoisotopic (exact) mass is 413 g/mol. The molecule has 0 aliphatic rings. The quantitative estimate of drug-likeness (QED) is 0.296. The number of hydrogen-bond acceptors (Lipinski definition) is 7. The molecule has 0 aliphatic heterocycles. The van der Waals surface area contributed by atoms with E-state index in [1.165, 1.54) is 10.6 Å². The summed E-state index contributed by atoms with van der Waals surface area (Å²) < 4.78 is 11.7. The molecule has 0 unspecified atom stereocenters. The third kappa shape index (κ3) is 4.13. The molecule has 0 atom stereocenters. The third-order valence-electron chi connectivity index (χ3n) is 3.34. The Morgan fingerprint density at radius 3 is 2.40 bits per heavy atom. The Morgan fingerprint density at radius 2 is 1.88 bits per heavy atom. The minimum atomic E-state index is -1.31. The topological polar surface area (TPSA) is 113 Å². The molecule has 0 saturated heterocycles. The fourth-order valence-electron chi connectivity index (χ4n) is 2.33. The number of rotatable bonds is 7. The molecular weight excluding hydrogens is 398 g/mol. The van der Waals surface area contributed by atoms with Crippen LogP contribution in [0, 0.1) is 16.0 Å². The highest BCUT2D eigenvalue weighted by Gasteiger charge is 2.34.